The molecule has 18 heteroatoms. The second-order valence-electron chi connectivity index (χ2n) is 14.4. The number of hydrogen-bond acceptors (Lipinski definition) is 12. The Labute approximate surface area is 357 Å². The smallest absolute Gasteiger partial charge is 0.261 e. The summed E-state index contributed by atoms with van der Waals surface area (Å²) in [5, 5.41) is 27.6. The molecule has 14 nitrogen and oxygen atoms in total. The highest BCUT2D eigenvalue weighted by Crippen LogP contribution is 2.23. The molecule has 1 aliphatic carbocycles. The van der Waals surface area contributed by atoms with Gasteiger partial charge in [-0.2, -0.15) is 8.61 Å². The van der Waals surface area contributed by atoms with Gasteiger partial charge in [-0.25, -0.2) is 25.3 Å². The van der Waals surface area contributed by atoms with E-state index in [4.69, 9.17) is 27.3 Å². The number of anilines is 2. The molecular weight excluding hydrogens is 838 g/mol. The minimum absolute atomic E-state index is 0.0270. The van der Waals surface area contributed by atoms with E-state index in [-0.39, 0.29) is 28.1 Å². The van der Waals surface area contributed by atoms with E-state index < -0.39 is 29.1 Å². The minimum atomic E-state index is -3.63. The Kier molecular flexibility index (Phi) is 22.7. The first kappa shape index (κ1) is 52.2. The second kappa shape index (κ2) is 25.7. The van der Waals surface area contributed by atoms with Gasteiger partial charge in [0.15, 0.2) is 6.10 Å². The van der Waals surface area contributed by atoms with Crippen molar-refractivity contribution in [2.75, 3.05) is 57.3 Å². The molecule has 0 radical (unpaired) electrons. The van der Waals surface area contributed by atoms with Gasteiger partial charge in [-0.3, -0.25) is 0 Å². The Hall–Kier alpha value is -2.97. The molecule has 1 saturated carbocycles. The highest BCUT2D eigenvalue weighted by atomic mass is 35.7. The van der Waals surface area contributed by atoms with E-state index in [1.165, 1.54) is 71.4 Å². The molecule has 7 N–H and O–H groups in total. The predicted molar refractivity (Wildman–Crippen MR) is 236 cm³/mol. The Morgan fingerprint density at radius 1 is 0.644 bits per heavy atom. The summed E-state index contributed by atoms with van der Waals surface area (Å²) < 4.78 is 73.3. The number of rotatable bonds is 8. The van der Waals surface area contributed by atoms with Gasteiger partial charge in [-0.05, 0) is 119 Å². The molecule has 0 aromatic heterocycles. The summed E-state index contributed by atoms with van der Waals surface area (Å²) in [4.78, 5) is 2.96. The number of aliphatic hydroxyl groups is 3. The van der Waals surface area contributed by atoms with Crippen LogP contribution in [0.3, 0.4) is 0 Å². The van der Waals surface area contributed by atoms with Crippen LogP contribution in [0, 0.1) is 13.3 Å². The molecule has 6 rings (SSSR count). The molecule has 3 aromatic rings. The third-order valence-corrected chi connectivity index (χ3v) is 15.0. The molecule has 2 saturated heterocycles. The van der Waals surface area contributed by atoms with Gasteiger partial charge in [0.2, 0.25) is 20.0 Å². The molecule has 3 aliphatic rings. The zero-order valence-electron chi connectivity index (χ0n) is 34.7. The van der Waals surface area contributed by atoms with Gasteiger partial charge in [0.05, 0.1) is 33.3 Å². The highest BCUT2D eigenvalue weighted by Gasteiger charge is 2.30. The van der Waals surface area contributed by atoms with Crippen molar-refractivity contribution >= 4 is 51.2 Å². The number of nitrogens with two attached hydrogens (primary N) is 2. The molecule has 0 amide bonds. The summed E-state index contributed by atoms with van der Waals surface area (Å²) in [5.41, 5.74) is 12.7. The fraction of sp³-hybridized carbons (Fsp3) is 0.537. The lowest BCUT2D eigenvalue weighted by Gasteiger charge is -2.28. The molecule has 3 fully saturated rings. The van der Waals surface area contributed by atoms with Crippen molar-refractivity contribution in [3.63, 3.8) is 0 Å². The minimum Gasteiger partial charge on any atom is -0.399 e. The third-order valence-electron chi connectivity index (χ3n) is 9.84. The van der Waals surface area contributed by atoms with E-state index in [2.05, 4.69) is 25.7 Å². The second-order valence-corrected chi connectivity index (χ2v) is 20.8. The molecule has 59 heavy (non-hydrogen) atoms. The number of sulfonamides is 2. The Balaban J connectivity index is 0.000000267. The summed E-state index contributed by atoms with van der Waals surface area (Å²) in [5.74, 6) is 0. The fourth-order valence-electron chi connectivity index (χ4n) is 6.18. The normalized spacial score (nSPS) is 18.3. The number of aryl methyl sites for hydroxylation is 1. The van der Waals surface area contributed by atoms with Crippen molar-refractivity contribution in [1.82, 2.24) is 13.5 Å². The maximum absolute atomic E-state index is 12.3. The lowest BCUT2D eigenvalue weighted by Crippen LogP contribution is -2.39. The number of piperidine rings is 2. The van der Waals surface area contributed by atoms with Gasteiger partial charge in [0.1, 0.15) is 6.42 Å². The summed E-state index contributed by atoms with van der Waals surface area (Å²) in [7, 11) is -5.44. The van der Waals surface area contributed by atoms with Crippen LogP contribution < -0.4 is 11.5 Å². The van der Waals surface area contributed by atoms with Crippen molar-refractivity contribution in [3.05, 3.63) is 84.8 Å². The maximum Gasteiger partial charge on any atom is 0.261 e. The lowest BCUT2D eigenvalue weighted by atomic mass is 9.98. The number of nitrogen functional groups attached to an aromatic ring is 2. The zero-order valence-corrected chi connectivity index (χ0v) is 37.9. The van der Waals surface area contributed by atoms with Crippen molar-refractivity contribution in [1.29, 1.82) is 0 Å². The predicted octanol–water partition coefficient (Wildman–Crippen LogP) is 5.22. The first-order chi connectivity index (χ1) is 27.7. The lowest BCUT2D eigenvalue weighted by molar-refractivity contribution is 0.112. The van der Waals surface area contributed by atoms with Crippen molar-refractivity contribution in [2.45, 2.75) is 112 Å². The summed E-state index contributed by atoms with van der Waals surface area (Å²) in [6.45, 7) is 13.5. The molecule has 332 valence electrons. The van der Waals surface area contributed by atoms with Gasteiger partial charge in [-0.15, -0.1) is 0 Å². The van der Waals surface area contributed by atoms with Crippen LogP contribution in [-0.2, 0) is 29.1 Å². The number of nitrogens with zero attached hydrogens (tertiary/aromatic N) is 3. The van der Waals surface area contributed by atoms with E-state index in [1.54, 1.807) is 36.4 Å². The van der Waals surface area contributed by atoms with Crippen molar-refractivity contribution in [3.8, 4) is 0 Å². The standard InChI is InChI=1S/C12H17NO3S.C11H16N2O3S.C6H6ClNO2S.C6H15N.C6H11O/c1-10-3-2-4-12(9-10)17(15,16)13-7-5-11(14)6-8-13;12-9-2-1-3-11(8-9)17(15,16)13-6-4-10(14)5-7-13;7-11(9,10)6-3-1-2-5(8)4-6;1-4-7(5-2)6-3;7-6-4-2-1-3-5-6/h2-4,9,11,14H,5-8H2,1H3;1-3,8,10,14H,4-7,12H2;1-4H,8H2;4-6H2,1-3H3;4,6-7H,1-3,5H2/q;;;;+1. The number of benzene rings is 3. The molecular formula is C41H65ClN5O9S3+. The van der Waals surface area contributed by atoms with Crippen LogP contribution in [0.25, 0.3) is 0 Å². The molecule has 3 aromatic carbocycles. The SMILES string of the molecule is CCN(CC)CC.Cc1cccc(S(=O)(=O)N2CCC(O)CC2)c1.Nc1cccc(S(=O)(=O)Cl)c1.Nc1cccc(S(=O)(=O)N2CCC(O)CC2)c1.OC1[CH+]CCCC1. The first-order valence-corrected chi connectivity index (χ1v) is 25.3. The van der Waals surface area contributed by atoms with E-state index in [0.717, 1.165) is 18.4 Å². The zero-order chi connectivity index (χ0) is 44.2. The summed E-state index contributed by atoms with van der Waals surface area (Å²) in [6, 6.07) is 19.0. The topological polar surface area (TPSA) is 225 Å². The van der Waals surface area contributed by atoms with E-state index >= 15 is 0 Å². The monoisotopic (exact) mass is 902 g/mol. The molecule has 2 aliphatic heterocycles. The van der Waals surface area contributed by atoms with E-state index in [1.807, 2.05) is 19.4 Å². The first-order valence-electron chi connectivity index (χ1n) is 20.1. The third kappa shape index (κ3) is 18.7. The molecule has 1 atom stereocenters. The average molecular weight is 904 g/mol. The van der Waals surface area contributed by atoms with Crippen molar-refractivity contribution < 1.29 is 40.6 Å². The van der Waals surface area contributed by atoms with E-state index in [9.17, 15) is 35.5 Å². The van der Waals surface area contributed by atoms with Crippen LogP contribution in [0.4, 0.5) is 11.4 Å². The molecule has 2 heterocycles. The largest absolute Gasteiger partial charge is 0.399 e. The average Bonchev–Trinajstić information content (AvgIpc) is 3.20. The highest BCUT2D eigenvalue weighted by molar-refractivity contribution is 8.13. The van der Waals surface area contributed by atoms with E-state index in [0.29, 0.717) is 68.1 Å². The van der Waals surface area contributed by atoms with Gasteiger partial charge in [0.25, 0.3) is 9.05 Å². The van der Waals surface area contributed by atoms with Gasteiger partial charge in [-0.1, -0.05) is 45.0 Å². The molecule has 1 unspecified atom stereocenters. The van der Waals surface area contributed by atoms with Gasteiger partial charge < -0.3 is 31.7 Å². The van der Waals surface area contributed by atoms with Gasteiger partial charge >= 0.3 is 0 Å². The Morgan fingerprint density at radius 2 is 1.05 bits per heavy atom. The quantitative estimate of drug-likeness (QED) is 0.111. The number of halogens is 1. The Bertz CT molecular complexity index is 1900. The molecule has 0 bridgehead atoms. The maximum atomic E-state index is 12.3. The van der Waals surface area contributed by atoms with Crippen LogP contribution in [0.1, 0.15) is 77.7 Å². The van der Waals surface area contributed by atoms with Crippen LogP contribution in [0.2, 0.25) is 0 Å². The van der Waals surface area contributed by atoms with Crippen LogP contribution in [-0.4, -0.2) is 118 Å². The summed E-state index contributed by atoms with van der Waals surface area (Å²) in [6.07, 6.45) is 7.74. The molecule has 0 spiro atoms. The fourth-order valence-corrected chi connectivity index (χ4v) is 10.1. The van der Waals surface area contributed by atoms with Gasteiger partial charge in [0, 0.05) is 54.7 Å². The Morgan fingerprint density at radius 3 is 1.36 bits per heavy atom. The van der Waals surface area contributed by atoms with Crippen molar-refractivity contribution in [2.24, 2.45) is 0 Å². The number of aliphatic hydroxyl groups excluding tert-OH is 3. The van der Waals surface area contributed by atoms with Crippen LogP contribution in [0.15, 0.2) is 87.5 Å². The van der Waals surface area contributed by atoms with Crippen LogP contribution >= 0.6 is 10.7 Å². The summed E-state index contributed by atoms with van der Waals surface area (Å²) >= 11 is 0. The number of hydrogen-bond donors (Lipinski definition) is 5. The van der Waals surface area contributed by atoms with Crippen LogP contribution in [0.5, 0.6) is 0 Å².